The Morgan fingerprint density at radius 3 is 2.71 bits per heavy atom. The maximum absolute atomic E-state index is 10.8. The second-order valence-corrected chi connectivity index (χ2v) is 5.13. The molecule has 1 aliphatic rings. The Hall–Kier alpha value is -1.36. The van der Waals surface area contributed by atoms with Gasteiger partial charge in [0.25, 0.3) is 0 Å². The summed E-state index contributed by atoms with van der Waals surface area (Å²) in [7, 11) is 0. The zero-order valence-electron chi connectivity index (χ0n) is 9.10. The molecule has 5 heteroatoms. The molecule has 1 aromatic carbocycles. The molecule has 1 atom stereocenters. The van der Waals surface area contributed by atoms with Gasteiger partial charge in [-0.1, -0.05) is 22.0 Å². The van der Waals surface area contributed by atoms with Crippen LogP contribution in [0.2, 0.25) is 0 Å². The topological polar surface area (TPSA) is 63.4 Å². The van der Waals surface area contributed by atoms with Gasteiger partial charge in [0.15, 0.2) is 5.75 Å². The second-order valence-electron chi connectivity index (χ2n) is 4.22. The Morgan fingerprint density at radius 1 is 1.59 bits per heavy atom. The summed E-state index contributed by atoms with van der Waals surface area (Å²) in [5, 5.41) is 20.8. The van der Waals surface area contributed by atoms with Gasteiger partial charge in [0, 0.05) is 22.0 Å². The SMILES string of the molecule is C=CC(c1cc(Br)cc([N+](=O)[O-])c1O)C1CC1. The average Bonchev–Trinajstić information content (AvgIpc) is 3.07. The highest BCUT2D eigenvalue weighted by atomic mass is 79.9. The van der Waals surface area contributed by atoms with Gasteiger partial charge in [-0.05, 0) is 24.8 Å². The summed E-state index contributed by atoms with van der Waals surface area (Å²) in [5.41, 5.74) is 0.324. The third-order valence-electron chi connectivity index (χ3n) is 3.02. The molecule has 0 bridgehead atoms. The lowest BCUT2D eigenvalue weighted by molar-refractivity contribution is -0.386. The van der Waals surface area contributed by atoms with Crippen LogP contribution in [0, 0.1) is 16.0 Å². The molecule has 1 fully saturated rings. The lowest BCUT2D eigenvalue weighted by Crippen LogP contribution is -2.00. The number of nitro groups is 1. The lowest BCUT2D eigenvalue weighted by Gasteiger charge is -2.14. The number of nitrogens with zero attached hydrogens (tertiary/aromatic N) is 1. The van der Waals surface area contributed by atoms with Crippen molar-refractivity contribution in [3.63, 3.8) is 0 Å². The van der Waals surface area contributed by atoms with Crippen LogP contribution in [0.4, 0.5) is 5.69 Å². The molecule has 17 heavy (non-hydrogen) atoms. The molecule has 90 valence electrons. The van der Waals surface area contributed by atoms with E-state index < -0.39 is 4.92 Å². The fraction of sp³-hybridized carbons (Fsp3) is 0.333. The third kappa shape index (κ3) is 2.34. The van der Waals surface area contributed by atoms with Gasteiger partial charge in [-0.3, -0.25) is 10.1 Å². The largest absolute Gasteiger partial charge is 0.502 e. The minimum Gasteiger partial charge on any atom is -0.502 e. The molecular weight excluding hydrogens is 286 g/mol. The first-order valence-corrected chi connectivity index (χ1v) is 6.13. The Kier molecular flexibility index (Phi) is 3.19. The van der Waals surface area contributed by atoms with Crippen LogP contribution in [0.1, 0.15) is 24.3 Å². The molecule has 4 nitrogen and oxygen atoms in total. The highest BCUT2D eigenvalue weighted by Gasteiger charge is 2.33. The van der Waals surface area contributed by atoms with E-state index in [4.69, 9.17) is 0 Å². The molecule has 0 heterocycles. The number of phenols is 1. The second kappa shape index (κ2) is 4.49. The van der Waals surface area contributed by atoms with Crippen molar-refractivity contribution in [3.8, 4) is 5.75 Å². The summed E-state index contributed by atoms with van der Waals surface area (Å²) in [6, 6.07) is 3.04. The highest BCUT2D eigenvalue weighted by Crippen LogP contribution is 2.48. The summed E-state index contributed by atoms with van der Waals surface area (Å²) in [6.07, 6.45) is 3.91. The summed E-state index contributed by atoms with van der Waals surface area (Å²) in [4.78, 5) is 10.2. The number of allylic oxidation sites excluding steroid dienone is 1. The van der Waals surface area contributed by atoms with Crippen molar-refractivity contribution >= 4 is 21.6 Å². The van der Waals surface area contributed by atoms with Crippen LogP contribution in [0.25, 0.3) is 0 Å². The molecule has 0 spiro atoms. The molecule has 0 amide bonds. The van der Waals surface area contributed by atoms with Crippen LogP contribution in [-0.4, -0.2) is 10.0 Å². The van der Waals surface area contributed by atoms with Crippen LogP contribution in [0.15, 0.2) is 29.3 Å². The third-order valence-corrected chi connectivity index (χ3v) is 3.48. The molecule has 1 N–H and O–H groups in total. The van der Waals surface area contributed by atoms with Crippen LogP contribution in [0.3, 0.4) is 0 Å². The van der Waals surface area contributed by atoms with Crippen LogP contribution in [-0.2, 0) is 0 Å². The fourth-order valence-electron chi connectivity index (χ4n) is 2.03. The van der Waals surface area contributed by atoms with Crippen molar-refractivity contribution in [2.24, 2.45) is 5.92 Å². The van der Waals surface area contributed by atoms with Gasteiger partial charge >= 0.3 is 5.69 Å². The first-order chi connectivity index (χ1) is 8.04. The maximum Gasteiger partial charge on any atom is 0.312 e. The molecule has 1 saturated carbocycles. The molecule has 0 aliphatic heterocycles. The Morgan fingerprint density at radius 2 is 2.24 bits per heavy atom. The van der Waals surface area contributed by atoms with E-state index >= 15 is 0 Å². The van der Waals surface area contributed by atoms with E-state index in [2.05, 4.69) is 22.5 Å². The van der Waals surface area contributed by atoms with Gasteiger partial charge in [-0.2, -0.15) is 0 Å². The zero-order valence-corrected chi connectivity index (χ0v) is 10.7. The molecule has 1 aliphatic carbocycles. The Labute approximate surface area is 107 Å². The van der Waals surface area contributed by atoms with Crippen LogP contribution in [0.5, 0.6) is 5.75 Å². The van der Waals surface area contributed by atoms with E-state index in [-0.39, 0.29) is 17.4 Å². The molecule has 2 rings (SSSR count). The predicted molar refractivity (Wildman–Crippen MR) is 68.1 cm³/mol. The van der Waals surface area contributed by atoms with E-state index in [1.807, 2.05) is 0 Å². The van der Waals surface area contributed by atoms with Crippen molar-refractivity contribution in [3.05, 3.63) is 44.9 Å². The van der Waals surface area contributed by atoms with Gasteiger partial charge in [0.05, 0.1) is 4.92 Å². The van der Waals surface area contributed by atoms with Gasteiger partial charge < -0.3 is 5.11 Å². The van der Waals surface area contributed by atoms with Crippen molar-refractivity contribution in [2.45, 2.75) is 18.8 Å². The number of halogens is 1. The summed E-state index contributed by atoms with van der Waals surface area (Å²) >= 11 is 3.23. The molecular formula is C12H12BrNO3. The minimum atomic E-state index is -0.573. The quantitative estimate of drug-likeness (QED) is 0.523. The lowest BCUT2D eigenvalue weighted by atomic mass is 9.93. The number of hydrogen-bond acceptors (Lipinski definition) is 3. The first-order valence-electron chi connectivity index (χ1n) is 5.34. The number of benzene rings is 1. The van der Waals surface area contributed by atoms with Crippen molar-refractivity contribution in [1.29, 1.82) is 0 Å². The number of rotatable bonds is 4. The highest BCUT2D eigenvalue weighted by molar-refractivity contribution is 9.10. The van der Waals surface area contributed by atoms with Crippen molar-refractivity contribution < 1.29 is 10.0 Å². The maximum atomic E-state index is 10.8. The normalized spacial score (nSPS) is 16.5. The van der Waals surface area contributed by atoms with E-state index in [0.717, 1.165) is 12.8 Å². The van der Waals surface area contributed by atoms with Crippen molar-refractivity contribution in [1.82, 2.24) is 0 Å². The minimum absolute atomic E-state index is 0.00815. The number of hydrogen-bond donors (Lipinski definition) is 1. The molecule has 0 saturated heterocycles. The summed E-state index contributed by atoms with van der Waals surface area (Å²) in [5.74, 6) is 0.202. The van der Waals surface area contributed by atoms with E-state index in [1.54, 1.807) is 12.1 Å². The summed E-state index contributed by atoms with van der Waals surface area (Å²) < 4.78 is 0.601. The van der Waals surface area contributed by atoms with Gasteiger partial charge in [-0.15, -0.1) is 6.58 Å². The van der Waals surface area contributed by atoms with Gasteiger partial charge in [-0.25, -0.2) is 0 Å². The molecule has 0 radical (unpaired) electrons. The molecule has 1 aromatic rings. The van der Waals surface area contributed by atoms with Gasteiger partial charge in [0.2, 0.25) is 0 Å². The first kappa shape index (κ1) is 12.1. The number of nitro benzene ring substituents is 1. The van der Waals surface area contributed by atoms with Crippen molar-refractivity contribution in [2.75, 3.05) is 0 Å². The predicted octanol–water partition coefficient (Wildman–Crippen LogP) is 3.74. The van der Waals surface area contributed by atoms with E-state index in [0.29, 0.717) is 16.0 Å². The standard InChI is InChI=1S/C12H12BrNO3/c1-2-9(7-3-4-7)10-5-8(13)6-11(12(10)15)14(16)17/h2,5-7,9,15H,1,3-4H2. The Balaban J connectivity index is 2.52. The number of phenolic OH excluding ortho intramolecular Hbond substituents is 1. The molecule has 1 unspecified atom stereocenters. The van der Waals surface area contributed by atoms with E-state index in [9.17, 15) is 15.2 Å². The average molecular weight is 298 g/mol. The summed E-state index contributed by atoms with van der Waals surface area (Å²) in [6.45, 7) is 3.75. The van der Waals surface area contributed by atoms with Gasteiger partial charge in [0.1, 0.15) is 0 Å². The number of aromatic hydroxyl groups is 1. The monoisotopic (exact) mass is 297 g/mol. The van der Waals surface area contributed by atoms with Crippen LogP contribution < -0.4 is 0 Å². The smallest absolute Gasteiger partial charge is 0.312 e. The zero-order chi connectivity index (χ0) is 12.6. The fourth-order valence-corrected chi connectivity index (χ4v) is 2.49. The molecule has 0 aromatic heterocycles. The Bertz CT molecular complexity index is 483. The van der Waals surface area contributed by atoms with Crippen LogP contribution >= 0.6 is 15.9 Å². The van der Waals surface area contributed by atoms with E-state index in [1.165, 1.54) is 6.07 Å².